The molecule has 76 valence electrons. The molecule has 0 aliphatic carbocycles. The van der Waals surface area contributed by atoms with E-state index in [1.165, 1.54) is 4.88 Å². The molecule has 1 rings (SSSR count). The second kappa shape index (κ2) is 3.96. The molecule has 3 heteroatoms. The van der Waals surface area contributed by atoms with E-state index in [9.17, 15) is 9.90 Å². The van der Waals surface area contributed by atoms with Gasteiger partial charge in [-0.1, -0.05) is 20.8 Å². The van der Waals surface area contributed by atoms with Crippen LogP contribution in [0.1, 0.15) is 30.5 Å². The maximum Gasteiger partial charge on any atom is 0.0643 e. The molecule has 1 aromatic rings. The van der Waals surface area contributed by atoms with Crippen molar-refractivity contribution in [2.75, 3.05) is 0 Å². The van der Waals surface area contributed by atoms with Crippen LogP contribution in [0.15, 0.2) is 18.2 Å². The van der Waals surface area contributed by atoms with Gasteiger partial charge in [0.2, 0.25) is 0 Å². The summed E-state index contributed by atoms with van der Waals surface area (Å²) in [6, 6.07) is 3.95. The average molecular weight is 209 g/mol. The van der Waals surface area contributed by atoms with Crippen LogP contribution < -0.4 is 5.11 Å². The minimum absolute atomic E-state index is 0.123. The largest absolute Gasteiger partial charge is 0.545 e. The molecule has 0 bridgehead atoms. The standard InChI is InChI=1S/C11H14O2S/c1-11(2,3)9-6-4-8(14-9)5-7-10(12)13/h4-7H,1-3H3,(H,12,13)/p-1/b7-5+. The van der Waals surface area contributed by atoms with E-state index < -0.39 is 5.97 Å². The van der Waals surface area contributed by atoms with Gasteiger partial charge in [0.15, 0.2) is 0 Å². The first-order chi connectivity index (χ1) is 6.39. The lowest BCUT2D eigenvalue weighted by molar-refractivity contribution is -0.297. The molecule has 0 fully saturated rings. The summed E-state index contributed by atoms with van der Waals surface area (Å²) < 4.78 is 0. The minimum Gasteiger partial charge on any atom is -0.545 e. The molecule has 0 aliphatic rings. The van der Waals surface area contributed by atoms with E-state index in [0.29, 0.717) is 0 Å². The van der Waals surface area contributed by atoms with Gasteiger partial charge in [-0.05, 0) is 29.7 Å². The lowest BCUT2D eigenvalue weighted by Gasteiger charge is -2.15. The van der Waals surface area contributed by atoms with Crippen LogP contribution in [0.25, 0.3) is 6.08 Å². The van der Waals surface area contributed by atoms with Crippen LogP contribution in [-0.4, -0.2) is 5.97 Å². The van der Waals surface area contributed by atoms with Crippen molar-refractivity contribution in [3.8, 4) is 0 Å². The molecule has 0 radical (unpaired) electrons. The van der Waals surface area contributed by atoms with Crippen molar-refractivity contribution >= 4 is 23.4 Å². The molecular formula is C11H13O2S-. The van der Waals surface area contributed by atoms with Gasteiger partial charge in [-0.25, -0.2) is 0 Å². The van der Waals surface area contributed by atoms with Crippen molar-refractivity contribution in [3.63, 3.8) is 0 Å². The summed E-state index contributed by atoms with van der Waals surface area (Å²) in [7, 11) is 0. The van der Waals surface area contributed by atoms with Gasteiger partial charge in [0.05, 0.1) is 5.97 Å². The Balaban J connectivity index is 2.84. The highest BCUT2D eigenvalue weighted by atomic mass is 32.1. The van der Waals surface area contributed by atoms with E-state index in [1.54, 1.807) is 17.4 Å². The Bertz CT molecular complexity index is 356. The van der Waals surface area contributed by atoms with Gasteiger partial charge >= 0.3 is 0 Å². The average Bonchev–Trinajstić information content (AvgIpc) is 2.47. The predicted octanol–water partition coefficient (Wildman–Crippen LogP) is 1.81. The third-order valence-corrected chi connectivity index (χ3v) is 3.23. The highest BCUT2D eigenvalue weighted by Gasteiger charge is 2.15. The molecule has 0 amide bonds. The van der Waals surface area contributed by atoms with Crippen molar-refractivity contribution in [2.45, 2.75) is 26.2 Å². The highest BCUT2D eigenvalue weighted by molar-refractivity contribution is 7.13. The molecule has 0 aromatic carbocycles. The Labute approximate surface area is 87.9 Å². The predicted molar refractivity (Wildman–Crippen MR) is 57.1 cm³/mol. The Kier molecular flexibility index (Phi) is 3.11. The van der Waals surface area contributed by atoms with Crippen molar-refractivity contribution in [1.29, 1.82) is 0 Å². The summed E-state index contributed by atoms with van der Waals surface area (Å²) in [5.74, 6) is -1.16. The maximum atomic E-state index is 10.2. The summed E-state index contributed by atoms with van der Waals surface area (Å²) in [5, 5.41) is 10.2. The summed E-state index contributed by atoms with van der Waals surface area (Å²) in [6.45, 7) is 6.39. The fourth-order valence-corrected chi connectivity index (χ4v) is 1.96. The Morgan fingerprint density at radius 1 is 1.43 bits per heavy atom. The molecule has 14 heavy (non-hydrogen) atoms. The Morgan fingerprint density at radius 2 is 2.07 bits per heavy atom. The number of rotatable bonds is 2. The van der Waals surface area contributed by atoms with E-state index in [4.69, 9.17) is 0 Å². The van der Waals surface area contributed by atoms with Crippen LogP contribution in [0.2, 0.25) is 0 Å². The van der Waals surface area contributed by atoms with Crippen molar-refractivity contribution < 1.29 is 9.90 Å². The van der Waals surface area contributed by atoms with Crippen molar-refractivity contribution in [1.82, 2.24) is 0 Å². The number of hydrogen-bond acceptors (Lipinski definition) is 3. The summed E-state index contributed by atoms with van der Waals surface area (Å²) in [6.07, 6.45) is 2.62. The van der Waals surface area contributed by atoms with E-state index in [2.05, 4.69) is 20.8 Å². The second-order valence-electron chi connectivity index (χ2n) is 4.10. The first-order valence-corrected chi connectivity index (χ1v) is 5.20. The van der Waals surface area contributed by atoms with Gasteiger partial charge in [0.1, 0.15) is 0 Å². The molecular weight excluding hydrogens is 196 g/mol. The topological polar surface area (TPSA) is 40.1 Å². The van der Waals surface area contributed by atoms with Gasteiger partial charge in [-0.3, -0.25) is 0 Å². The van der Waals surface area contributed by atoms with Crippen molar-refractivity contribution in [3.05, 3.63) is 28.0 Å². The van der Waals surface area contributed by atoms with Crippen LogP contribution in [0.3, 0.4) is 0 Å². The number of hydrogen-bond donors (Lipinski definition) is 0. The molecule has 0 aliphatic heterocycles. The molecule has 2 nitrogen and oxygen atoms in total. The Morgan fingerprint density at radius 3 is 2.50 bits per heavy atom. The summed E-state index contributed by atoms with van der Waals surface area (Å²) in [5.41, 5.74) is 0.123. The fourth-order valence-electron chi connectivity index (χ4n) is 0.996. The number of thiophene rings is 1. The van der Waals surface area contributed by atoms with Gasteiger partial charge in [0.25, 0.3) is 0 Å². The number of carboxylic acids is 1. The normalized spacial score (nSPS) is 12.2. The molecule has 1 aromatic heterocycles. The summed E-state index contributed by atoms with van der Waals surface area (Å²) >= 11 is 1.60. The van der Waals surface area contributed by atoms with Gasteiger partial charge < -0.3 is 9.90 Å². The van der Waals surface area contributed by atoms with Crippen molar-refractivity contribution in [2.24, 2.45) is 0 Å². The van der Waals surface area contributed by atoms with Crippen LogP contribution in [-0.2, 0) is 10.2 Å². The minimum atomic E-state index is -1.16. The number of carbonyl (C=O) groups excluding carboxylic acids is 1. The lowest BCUT2D eigenvalue weighted by Crippen LogP contribution is -2.18. The monoisotopic (exact) mass is 209 g/mol. The highest BCUT2D eigenvalue weighted by Crippen LogP contribution is 2.29. The first-order valence-electron chi connectivity index (χ1n) is 4.39. The third-order valence-electron chi connectivity index (χ3n) is 1.75. The smallest absolute Gasteiger partial charge is 0.0643 e. The van der Waals surface area contributed by atoms with E-state index in [0.717, 1.165) is 11.0 Å². The number of aliphatic carboxylic acids is 1. The fraction of sp³-hybridized carbons (Fsp3) is 0.364. The molecule has 1 heterocycles. The molecule has 0 saturated heterocycles. The quantitative estimate of drug-likeness (QED) is 0.697. The number of carbonyl (C=O) groups is 1. The van der Waals surface area contributed by atoms with Gasteiger partial charge in [0, 0.05) is 9.75 Å². The van der Waals surface area contributed by atoms with Crippen LogP contribution >= 0.6 is 11.3 Å². The third kappa shape index (κ3) is 3.00. The van der Waals surface area contributed by atoms with E-state index in [1.807, 2.05) is 12.1 Å². The zero-order valence-corrected chi connectivity index (χ0v) is 9.35. The van der Waals surface area contributed by atoms with Gasteiger partial charge in [-0.15, -0.1) is 11.3 Å². The molecule has 0 saturated carbocycles. The zero-order chi connectivity index (χ0) is 10.8. The van der Waals surface area contributed by atoms with Gasteiger partial charge in [-0.2, -0.15) is 0 Å². The first kappa shape index (κ1) is 11.0. The van der Waals surface area contributed by atoms with Crippen LogP contribution in [0.4, 0.5) is 0 Å². The lowest BCUT2D eigenvalue weighted by atomic mass is 9.95. The number of carboxylic acid groups (broad SMARTS) is 1. The van der Waals surface area contributed by atoms with Crippen LogP contribution in [0, 0.1) is 0 Å². The van der Waals surface area contributed by atoms with Crippen LogP contribution in [0.5, 0.6) is 0 Å². The molecule has 0 atom stereocenters. The SMILES string of the molecule is CC(C)(C)c1ccc(/C=C/C(=O)[O-])s1. The van der Waals surface area contributed by atoms with E-state index >= 15 is 0 Å². The molecule has 0 unspecified atom stereocenters. The molecule has 0 N–H and O–H groups in total. The Hall–Kier alpha value is -1.09. The second-order valence-corrected chi connectivity index (χ2v) is 5.22. The summed E-state index contributed by atoms with van der Waals surface area (Å²) in [4.78, 5) is 12.4. The zero-order valence-electron chi connectivity index (χ0n) is 8.53. The molecule has 0 spiro atoms. The van der Waals surface area contributed by atoms with E-state index in [-0.39, 0.29) is 5.41 Å². The maximum absolute atomic E-state index is 10.2.